The predicted octanol–water partition coefficient (Wildman–Crippen LogP) is 1.16. The molecule has 3 atom stereocenters. The zero-order valence-corrected chi connectivity index (χ0v) is 12.0. The van der Waals surface area contributed by atoms with Crippen molar-refractivity contribution in [2.45, 2.75) is 38.3 Å². The SMILES string of the molecule is CC(NC(=O)C1CCC(N)C1)c1ccc2[nH]c(=O)[nH]c2c1. The molecule has 3 rings (SSSR count). The number of hydrogen-bond acceptors (Lipinski definition) is 3. The van der Waals surface area contributed by atoms with Crippen LogP contribution in [-0.4, -0.2) is 21.9 Å². The molecule has 1 amide bonds. The zero-order valence-electron chi connectivity index (χ0n) is 12.0. The Morgan fingerprint density at radius 1 is 1.33 bits per heavy atom. The number of benzene rings is 1. The minimum atomic E-state index is -0.223. The quantitative estimate of drug-likeness (QED) is 0.681. The van der Waals surface area contributed by atoms with Crippen molar-refractivity contribution in [1.29, 1.82) is 0 Å². The standard InChI is InChI=1S/C15H20N4O2/c1-8(17-14(20)10-2-4-11(16)6-10)9-3-5-12-13(7-9)19-15(21)18-12/h3,5,7-8,10-11H,2,4,6,16H2,1H3,(H,17,20)(H2,18,19,21). The van der Waals surface area contributed by atoms with Crippen LogP contribution in [0.2, 0.25) is 0 Å². The Hall–Kier alpha value is -2.08. The van der Waals surface area contributed by atoms with Crippen molar-refractivity contribution in [3.05, 3.63) is 34.2 Å². The minimum absolute atomic E-state index is 0.0262. The maximum atomic E-state index is 12.2. The summed E-state index contributed by atoms with van der Waals surface area (Å²) in [6.45, 7) is 1.94. The smallest absolute Gasteiger partial charge is 0.323 e. The molecule has 0 aliphatic heterocycles. The van der Waals surface area contributed by atoms with Crippen molar-refractivity contribution >= 4 is 16.9 Å². The molecule has 21 heavy (non-hydrogen) atoms. The summed E-state index contributed by atoms with van der Waals surface area (Å²) in [7, 11) is 0. The van der Waals surface area contributed by atoms with E-state index in [9.17, 15) is 9.59 Å². The fraction of sp³-hybridized carbons (Fsp3) is 0.467. The van der Waals surface area contributed by atoms with E-state index in [0.29, 0.717) is 0 Å². The van der Waals surface area contributed by atoms with Gasteiger partial charge in [-0.1, -0.05) is 6.07 Å². The number of aromatic amines is 2. The first-order valence-corrected chi connectivity index (χ1v) is 7.31. The van der Waals surface area contributed by atoms with Crippen LogP contribution in [0.1, 0.15) is 37.8 Å². The molecular formula is C15H20N4O2. The predicted molar refractivity (Wildman–Crippen MR) is 80.8 cm³/mol. The Balaban J connectivity index is 1.72. The molecule has 6 heteroatoms. The Morgan fingerprint density at radius 2 is 2.10 bits per heavy atom. The average Bonchev–Trinajstić information content (AvgIpc) is 3.02. The van der Waals surface area contributed by atoms with Gasteiger partial charge in [-0.15, -0.1) is 0 Å². The van der Waals surface area contributed by atoms with Crippen LogP contribution in [0.15, 0.2) is 23.0 Å². The summed E-state index contributed by atoms with van der Waals surface area (Å²) in [5, 5.41) is 3.03. The molecule has 1 aliphatic carbocycles. The minimum Gasteiger partial charge on any atom is -0.349 e. The van der Waals surface area contributed by atoms with Gasteiger partial charge in [0.05, 0.1) is 17.1 Å². The third-order valence-corrected chi connectivity index (χ3v) is 4.24. The monoisotopic (exact) mass is 288 g/mol. The third-order valence-electron chi connectivity index (χ3n) is 4.24. The maximum absolute atomic E-state index is 12.2. The summed E-state index contributed by atoms with van der Waals surface area (Å²) in [5.41, 5.74) is 8.11. The molecule has 5 N–H and O–H groups in total. The van der Waals surface area contributed by atoms with Gasteiger partial charge >= 0.3 is 5.69 Å². The Labute approximate surface area is 122 Å². The fourth-order valence-corrected chi connectivity index (χ4v) is 2.99. The van der Waals surface area contributed by atoms with Gasteiger partial charge in [-0.05, 0) is 43.9 Å². The fourth-order valence-electron chi connectivity index (χ4n) is 2.99. The van der Waals surface area contributed by atoms with Crippen LogP contribution in [0.25, 0.3) is 11.0 Å². The van der Waals surface area contributed by atoms with Gasteiger partial charge in [-0.2, -0.15) is 0 Å². The van der Waals surface area contributed by atoms with E-state index in [0.717, 1.165) is 35.9 Å². The molecule has 1 aliphatic rings. The highest BCUT2D eigenvalue weighted by atomic mass is 16.2. The van der Waals surface area contributed by atoms with Crippen LogP contribution in [0.3, 0.4) is 0 Å². The Bertz CT molecular complexity index is 718. The molecule has 1 aromatic heterocycles. The van der Waals surface area contributed by atoms with Gasteiger partial charge in [0, 0.05) is 12.0 Å². The molecule has 3 unspecified atom stereocenters. The molecule has 112 valence electrons. The highest BCUT2D eigenvalue weighted by Gasteiger charge is 2.28. The molecule has 6 nitrogen and oxygen atoms in total. The second kappa shape index (κ2) is 5.37. The van der Waals surface area contributed by atoms with E-state index in [-0.39, 0.29) is 29.6 Å². The summed E-state index contributed by atoms with van der Waals surface area (Å²) in [5.74, 6) is 0.0938. The number of imidazole rings is 1. The number of nitrogens with one attached hydrogen (secondary N) is 3. The first-order chi connectivity index (χ1) is 10.0. The van der Waals surface area contributed by atoms with E-state index in [1.54, 1.807) is 0 Å². The number of amides is 1. The Kier molecular flexibility index (Phi) is 3.55. The van der Waals surface area contributed by atoms with Crippen LogP contribution in [0.5, 0.6) is 0 Å². The second-order valence-electron chi connectivity index (χ2n) is 5.88. The lowest BCUT2D eigenvalue weighted by molar-refractivity contribution is -0.125. The van der Waals surface area contributed by atoms with Gasteiger partial charge < -0.3 is 21.0 Å². The van der Waals surface area contributed by atoms with Crippen LogP contribution in [0, 0.1) is 5.92 Å². The van der Waals surface area contributed by atoms with Crippen molar-refractivity contribution in [2.24, 2.45) is 11.7 Å². The van der Waals surface area contributed by atoms with Crippen molar-refractivity contribution in [3.63, 3.8) is 0 Å². The molecule has 1 saturated carbocycles. The van der Waals surface area contributed by atoms with E-state index in [1.807, 2.05) is 25.1 Å². The Morgan fingerprint density at radius 3 is 2.81 bits per heavy atom. The van der Waals surface area contributed by atoms with E-state index in [1.165, 1.54) is 0 Å². The van der Waals surface area contributed by atoms with Gasteiger partial charge in [0.25, 0.3) is 0 Å². The highest BCUT2D eigenvalue weighted by Crippen LogP contribution is 2.25. The average molecular weight is 288 g/mol. The third kappa shape index (κ3) is 2.85. The number of carbonyl (C=O) groups is 1. The lowest BCUT2D eigenvalue weighted by Gasteiger charge is -2.17. The summed E-state index contributed by atoms with van der Waals surface area (Å²) in [4.78, 5) is 28.9. The van der Waals surface area contributed by atoms with E-state index in [4.69, 9.17) is 5.73 Å². The molecule has 0 radical (unpaired) electrons. The number of fused-ring (bicyclic) bond motifs is 1. The van der Waals surface area contributed by atoms with E-state index in [2.05, 4.69) is 15.3 Å². The number of nitrogens with two attached hydrogens (primary N) is 1. The molecule has 0 bridgehead atoms. The van der Waals surface area contributed by atoms with Crippen molar-refractivity contribution in [2.75, 3.05) is 0 Å². The largest absolute Gasteiger partial charge is 0.349 e. The lowest BCUT2D eigenvalue weighted by Crippen LogP contribution is -2.32. The number of carbonyl (C=O) groups excluding carboxylic acids is 1. The molecule has 0 spiro atoms. The van der Waals surface area contributed by atoms with Crippen LogP contribution >= 0.6 is 0 Å². The number of hydrogen-bond donors (Lipinski definition) is 4. The van der Waals surface area contributed by atoms with Crippen molar-refractivity contribution in [3.8, 4) is 0 Å². The van der Waals surface area contributed by atoms with Gasteiger partial charge in [-0.3, -0.25) is 4.79 Å². The number of rotatable bonds is 3. The van der Waals surface area contributed by atoms with Crippen LogP contribution < -0.4 is 16.7 Å². The van der Waals surface area contributed by atoms with Crippen LogP contribution in [-0.2, 0) is 4.79 Å². The maximum Gasteiger partial charge on any atom is 0.323 e. The molecular weight excluding hydrogens is 268 g/mol. The van der Waals surface area contributed by atoms with Gasteiger partial charge in [0.2, 0.25) is 5.91 Å². The summed E-state index contributed by atoms with van der Waals surface area (Å²) in [6.07, 6.45) is 2.55. The van der Waals surface area contributed by atoms with Crippen molar-refractivity contribution < 1.29 is 4.79 Å². The first kappa shape index (κ1) is 13.9. The van der Waals surface area contributed by atoms with E-state index < -0.39 is 0 Å². The number of aromatic nitrogens is 2. The van der Waals surface area contributed by atoms with Gasteiger partial charge in [0.15, 0.2) is 0 Å². The molecule has 0 saturated heterocycles. The normalized spacial score (nSPS) is 23.3. The molecule has 1 aromatic carbocycles. The van der Waals surface area contributed by atoms with Crippen molar-refractivity contribution in [1.82, 2.24) is 15.3 Å². The zero-order chi connectivity index (χ0) is 15.0. The molecule has 1 heterocycles. The molecule has 1 fully saturated rings. The van der Waals surface area contributed by atoms with Crippen LogP contribution in [0.4, 0.5) is 0 Å². The van der Waals surface area contributed by atoms with Gasteiger partial charge in [0.1, 0.15) is 0 Å². The lowest BCUT2D eigenvalue weighted by atomic mass is 10.0. The molecule has 2 aromatic rings. The second-order valence-corrected chi connectivity index (χ2v) is 5.88. The summed E-state index contributed by atoms with van der Waals surface area (Å²) < 4.78 is 0. The van der Waals surface area contributed by atoms with E-state index >= 15 is 0 Å². The first-order valence-electron chi connectivity index (χ1n) is 7.31. The topological polar surface area (TPSA) is 104 Å². The summed E-state index contributed by atoms with van der Waals surface area (Å²) in [6, 6.07) is 5.70. The number of H-pyrrole nitrogens is 2. The highest BCUT2D eigenvalue weighted by molar-refractivity contribution is 5.80. The van der Waals surface area contributed by atoms with Gasteiger partial charge in [-0.25, -0.2) is 4.79 Å². The summed E-state index contributed by atoms with van der Waals surface area (Å²) >= 11 is 0.